The molecule has 0 spiro atoms. The predicted molar refractivity (Wildman–Crippen MR) is 84.7 cm³/mol. The minimum atomic E-state index is -0.0540. The lowest BCUT2D eigenvalue weighted by Gasteiger charge is -2.31. The lowest BCUT2D eigenvalue weighted by Crippen LogP contribution is -2.43. The van der Waals surface area contributed by atoms with Crippen molar-refractivity contribution in [3.63, 3.8) is 0 Å². The fourth-order valence-electron chi connectivity index (χ4n) is 2.50. The number of amides is 1. The van der Waals surface area contributed by atoms with Crippen molar-refractivity contribution in [3.8, 4) is 5.88 Å². The van der Waals surface area contributed by atoms with Gasteiger partial charge in [0.25, 0.3) is 0 Å². The van der Waals surface area contributed by atoms with E-state index in [0.29, 0.717) is 18.2 Å². The van der Waals surface area contributed by atoms with Crippen LogP contribution in [0.2, 0.25) is 0 Å². The normalized spacial score (nSPS) is 18.3. The van der Waals surface area contributed by atoms with Crippen molar-refractivity contribution < 1.29 is 13.9 Å². The second-order valence-corrected chi connectivity index (χ2v) is 5.53. The monoisotopic (exact) mass is 313 g/mol. The molecule has 1 aliphatic heterocycles. The topological polar surface area (TPSA) is 68.5 Å². The SMILES string of the molecule is Cc1ccc(OC2CCCN(C(=O)/C=C/c3ccco3)C2)nn1. The molecule has 3 heterocycles. The quantitative estimate of drug-likeness (QED) is 0.811. The second kappa shape index (κ2) is 7.09. The van der Waals surface area contributed by atoms with Crippen molar-refractivity contribution in [2.45, 2.75) is 25.9 Å². The number of likely N-dealkylation sites (tertiary alicyclic amines) is 1. The molecule has 0 saturated carbocycles. The van der Waals surface area contributed by atoms with Crippen LogP contribution in [0, 0.1) is 6.92 Å². The summed E-state index contributed by atoms with van der Waals surface area (Å²) in [6.45, 7) is 3.17. The molecule has 1 fully saturated rings. The fraction of sp³-hybridized carbons (Fsp3) is 0.353. The Morgan fingerprint density at radius 3 is 3.04 bits per heavy atom. The molecule has 1 atom stereocenters. The van der Waals surface area contributed by atoms with Crippen LogP contribution in [0.25, 0.3) is 6.08 Å². The van der Waals surface area contributed by atoms with Crippen molar-refractivity contribution in [1.29, 1.82) is 0 Å². The highest BCUT2D eigenvalue weighted by Gasteiger charge is 2.24. The van der Waals surface area contributed by atoms with Crippen LogP contribution in [0.5, 0.6) is 5.88 Å². The number of hydrogen-bond donors (Lipinski definition) is 0. The molecule has 1 unspecified atom stereocenters. The molecule has 2 aromatic heterocycles. The molecule has 120 valence electrons. The zero-order valence-electron chi connectivity index (χ0n) is 13.0. The molecule has 1 aliphatic rings. The van der Waals surface area contributed by atoms with Crippen molar-refractivity contribution in [1.82, 2.24) is 15.1 Å². The number of piperidine rings is 1. The maximum Gasteiger partial charge on any atom is 0.246 e. The molecule has 0 aromatic carbocycles. The predicted octanol–water partition coefficient (Wildman–Crippen LogP) is 2.46. The first-order chi connectivity index (χ1) is 11.2. The molecule has 1 amide bonds. The molecule has 0 N–H and O–H groups in total. The Labute approximate surface area is 134 Å². The van der Waals surface area contributed by atoms with Crippen LogP contribution < -0.4 is 4.74 Å². The molecule has 3 rings (SSSR count). The van der Waals surface area contributed by atoms with Crippen molar-refractivity contribution in [3.05, 3.63) is 48.1 Å². The fourth-order valence-corrected chi connectivity index (χ4v) is 2.50. The van der Waals surface area contributed by atoms with Crippen LogP contribution in [-0.2, 0) is 4.79 Å². The van der Waals surface area contributed by atoms with E-state index in [2.05, 4.69) is 10.2 Å². The molecule has 23 heavy (non-hydrogen) atoms. The Hall–Kier alpha value is -2.63. The first-order valence-corrected chi connectivity index (χ1v) is 7.68. The molecule has 1 saturated heterocycles. The number of carbonyl (C=O) groups excluding carboxylic acids is 1. The average molecular weight is 313 g/mol. The summed E-state index contributed by atoms with van der Waals surface area (Å²) in [5.41, 5.74) is 0.848. The molecule has 6 nitrogen and oxygen atoms in total. The van der Waals surface area contributed by atoms with E-state index in [9.17, 15) is 4.79 Å². The van der Waals surface area contributed by atoms with Gasteiger partial charge in [-0.2, -0.15) is 5.10 Å². The lowest BCUT2D eigenvalue weighted by molar-refractivity contribution is -0.128. The Morgan fingerprint density at radius 1 is 1.39 bits per heavy atom. The van der Waals surface area contributed by atoms with E-state index in [1.165, 1.54) is 6.08 Å². The third-order valence-electron chi connectivity index (χ3n) is 3.68. The summed E-state index contributed by atoms with van der Waals surface area (Å²) in [6, 6.07) is 7.26. The molecule has 2 aromatic rings. The number of hydrogen-bond acceptors (Lipinski definition) is 5. The maximum absolute atomic E-state index is 12.2. The van der Waals surface area contributed by atoms with Gasteiger partial charge < -0.3 is 14.1 Å². The van der Waals surface area contributed by atoms with Crippen LogP contribution in [0.3, 0.4) is 0 Å². The van der Waals surface area contributed by atoms with Gasteiger partial charge in [-0.1, -0.05) is 0 Å². The molecule has 0 radical (unpaired) electrons. The third kappa shape index (κ3) is 4.18. The van der Waals surface area contributed by atoms with Gasteiger partial charge in [-0.3, -0.25) is 4.79 Å². The Morgan fingerprint density at radius 2 is 2.30 bits per heavy atom. The first-order valence-electron chi connectivity index (χ1n) is 7.68. The number of rotatable bonds is 4. The van der Waals surface area contributed by atoms with Crippen LogP contribution in [0.4, 0.5) is 0 Å². The van der Waals surface area contributed by atoms with Gasteiger partial charge in [0.15, 0.2) is 0 Å². The molecular formula is C17H19N3O3. The largest absolute Gasteiger partial charge is 0.471 e. The number of furan rings is 1. The zero-order valence-corrected chi connectivity index (χ0v) is 13.0. The average Bonchev–Trinajstić information content (AvgIpc) is 3.08. The maximum atomic E-state index is 12.2. The molecule has 0 aliphatic carbocycles. The standard InChI is InChI=1S/C17H19N3O3/c1-13-6-8-16(19-18-13)23-15-4-2-10-20(12-15)17(21)9-7-14-5-3-11-22-14/h3,5-9,11,15H,2,4,10,12H2,1H3/b9-7+. The number of carbonyl (C=O) groups is 1. The summed E-state index contributed by atoms with van der Waals surface area (Å²) in [4.78, 5) is 14.0. The minimum Gasteiger partial charge on any atom is -0.471 e. The van der Waals surface area contributed by atoms with Crippen LogP contribution in [0.1, 0.15) is 24.3 Å². The van der Waals surface area contributed by atoms with E-state index in [1.54, 1.807) is 29.4 Å². The Balaban J connectivity index is 1.57. The van der Waals surface area contributed by atoms with Gasteiger partial charge in [-0.25, -0.2) is 0 Å². The van der Waals surface area contributed by atoms with E-state index in [0.717, 1.165) is 25.1 Å². The number of nitrogens with zero attached hydrogens (tertiary/aromatic N) is 3. The van der Waals surface area contributed by atoms with E-state index in [1.807, 2.05) is 19.1 Å². The van der Waals surface area contributed by atoms with Crippen molar-refractivity contribution in [2.75, 3.05) is 13.1 Å². The molecular weight excluding hydrogens is 294 g/mol. The first kappa shape index (κ1) is 15.3. The van der Waals surface area contributed by atoms with Crippen LogP contribution in [-0.4, -0.2) is 40.2 Å². The molecule has 6 heteroatoms. The van der Waals surface area contributed by atoms with Crippen molar-refractivity contribution >= 4 is 12.0 Å². The number of ether oxygens (including phenoxy) is 1. The molecule has 0 bridgehead atoms. The number of aryl methyl sites for hydroxylation is 1. The van der Waals surface area contributed by atoms with E-state index < -0.39 is 0 Å². The summed E-state index contributed by atoms with van der Waals surface area (Å²) in [5.74, 6) is 1.13. The summed E-state index contributed by atoms with van der Waals surface area (Å²) in [6.07, 6.45) is 6.55. The Bertz CT molecular complexity index is 665. The summed E-state index contributed by atoms with van der Waals surface area (Å²) in [7, 11) is 0. The van der Waals surface area contributed by atoms with Gasteiger partial charge in [0, 0.05) is 18.7 Å². The summed E-state index contributed by atoms with van der Waals surface area (Å²) >= 11 is 0. The number of aromatic nitrogens is 2. The zero-order chi connectivity index (χ0) is 16.1. The summed E-state index contributed by atoms with van der Waals surface area (Å²) in [5, 5.41) is 7.99. The van der Waals surface area contributed by atoms with Gasteiger partial charge in [0.05, 0.1) is 18.5 Å². The summed E-state index contributed by atoms with van der Waals surface area (Å²) < 4.78 is 11.0. The van der Waals surface area contributed by atoms with E-state index in [4.69, 9.17) is 9.15 Å². The van der Waals surface area contributed by atoms with Gasteiger partial charge in [-0.05, 0) is 44.0 Å². The second-order valence-electron chi connectivity index (χ2n) is 5.53. The van der Waals surface area contributed by atoms with Gasteiger partial charge in [0.1, 0.15) is 11.9 Å². The van der Waals surface area contributed by atoms with Crippen LogP contribution in [0.15, 0.2) is 41.0 Å². The lowest BCUT2D eigenvalue weighted by atomic mass is 10.1. The highest BCUT2D eigenvalue weighted by molar-refractivity contribution is 5.91. The third-order valence-corrected chi connectivity index (χ3v) is 3.68. The highest BCUT2D eigenvalue weighted by atomic mass is 16.5. The van der Waals surface area contributed by atoms with Crippen LogP contribution >= 0.6 is 0 Å². The van der Waals surface area contributed by atoms with Gasteiger partial charge in [-0.15, -0.1) is 5.10 Å². The van der Waals surface area contributed by atoms with Crippen molar-refractivity contribution in [2.24, 2.45) is 0 Å². The van der Waals surface area contributed by atoms with E-state index in [-0.39, 0.29) is 12.0 Å². The highest BCUT2D eigenvalue weighted by Crippen LogP contribution is 2.17. The minimum absolute atomic E-state index is 0.0373. The van der Waals surface area contributed by atoms with E-state index >= 15 is 0 Å². The smallest absolute Gasteiger partial charge is 0.246 e. The Kier molecular flexibility index (Phi) is 4.71. The van der Waals surface area contributed by atoms with Gasteiger partial charge in [0.2, 0.25) is 11.8 Å². The van der Waals surface area contributed by atoms with Gasteiger partial charge >= 0.3 is 0 Å².